The second-order valence-electron chi connectivity index (χ2n) is 4.80. The Kier molecular flexibility index (Phi) is 3.40. The third-order valence-corrected chi connectivity index (χ3v) is 3.09. The van der Waals surface area contributed by atoms with Gasteiger partial charge in [-0.2, -0.15) is 0 Å². The van der Waals surface area contributed by atoms with E-state index >= 15 is 0 Å². The summed E-state index contributed by atoms with van der Waals surface area (Å²) in [5.74, 6) is 2.47. The molecular formula is C12H22O. The van der Waals surface area contributed by atoms with Crippen molar-refractivity contribution >= 4 is 0 Å². The van der Waals surface area contributed by atoms with E-state index < -0.39 is 0 Å². The van der Waals surface area contributed by atoms with Crippen molar-refractivity contribution in [3.63, 3.8) is 0 Å². The van der Waals surface area contributed by atoms with E-state index in [1.165, 1.54) is 12.0 Å². The lowest BCUT2D eigenvalue weighted by molar-refractivity contribution is 0.282. The van der Waals surface area contributed by atoms with Gasteiger partial charge in [0.2, 0.25) is 0 Å². The zero-order valence-electron chi connectivity index (χ0n) is 9.30. The number of hydrogen-bond acceptors (Lipinski definition) is 1. The molecule has 0 aromatic heterocycles. The number of allylic oxidation sites excluding steroid dienone is 2. The topological polar surface area (TPSA) is 20.2 Å². The van der Waals surface area contributed by atoms with E-state index in [1.54, 1.807) is 0 Å². The van der Waals surface area contributed by atoms with Crippen molar-refractivity contribution in [2.75, 3.05) is 0 Å². The zero-order valence-corrected chi connectivity index (χ0v) is 9.30. The van der Waals surface area contributed by atoms with E-state index in [1.807, 2.05) is 0 Å². The molecule has 0 radical (unpaired) electrons. The van der Waals surface area contributed by atoms with Gasteiger partial charge in [0.15, 0.2) is 0 Å². The number of aliphatic hydroxyl groups excluding tert-OH is 1. The predicted octanol–water partition coefficient (Wildman–Crippen LogP) is 3.91. The third kappa shape index (κ3) is 2.26. The third-order valence-electron chi connectivity index (χ3n) is 3.09. The quantitative estimate of drug-likeness (QED) is 0.686. The monoisotopic (exact) mass is 182 g/mol. The van der Waals surface area contributed by atoms with Crippen LogP contribution >= 0.6 is 0 Å². The highest BCUT2D eigenvalue weighted by Crippen LogP contribution is 2.37. The highest BCUT2D eigenvalue weighted by molar-refractivity contribution is 5.17. The van der Waals surface area contributed by atoms with Crippen LogP contribution in [-0.2, 0) is 0 Å². The fourth-order valence-corrected chi connectivity index (χ4v) is 2.46. The fraction of sp³-hybridized carbons (Fsp3) is 0.833. The van der Waals surface area contributed by atoms with Crippen molar-refractivity contribution in [1.29, 1.82) is 0 Å². The molecule has 1 atom stereocenters. The Morgan fingerprint density at radius 1 is 1.23 bits per heavy atom. The molecule has 76 valence electrons. The summed E-state index contributed by atoms with van der Waals surface area (Å²) in [5, 5.41) is 9.84. The maximum absolute atomic E-state index is 9.84. The van der Waals surface area contributed by atoms with Crippen LogP contribution in [0.25, 0.3) is 0 Å². The van der Waals surface area contributed by atoms with Gasteiger partial charge in [0, 0.05) is 6.42 Å². The van der Waals surface area contributed by atoms with E-state index in [2.05, 4.69) is 27.7 Å². The Labute approximate surface area is 81.9 Å². The SMILES string of the molecule is CC(C)C1=C(O)CCCC1C(C)C. The minimum absolute atomic E-state index is 0.507. The first-order valence-corrected chi connectivity index (χ1v) is 5.46. The molecule has 0 aromatic rings. The lowest BCUT2D eigenvalue weighted by Gasteiger charge is -2.31. The second kappa shape index (κ2) is 4.17. The molecule has 13 heavy (non-hydrogen) atoms. The molecule has 1 nitrogen and oxygen atoms in total. The molecule has 1 unspecified atom stereocenters. The Bertz CT molecular complexity index is 201. The summed E-state index contributed by atoms with van der Waals surface area (Å²) < 4.78 is 0. The van der Waals surface area contributed by atoms with Gasteiger partial charge >= 0.3 is 0 Å². The van der Waals surface area contributed by atoms with Crippen molar-refractivity contribution in [2.24, 2.45) is 17.8 Å². The lowest BCUT2D eigenvalue weighted by atomic mass is 9.75. The first kappa shape index (κ1) is 10.6. The standard InChI is InChI=1S/C12H22O/c1-8(2)10-6-5-7-11(13)12(10)9(3)4/h8-10,13H,5-7H2,1-4H3. The molecule has 0 amide bonds. The summed E-state index contributed by atoms with van der Waals surface area (Å²) in [6.45, 7) is 8.88. The van der Waals surface area contributed by atoms with E-state index in [-0.39, 0.29) is 0 Å². The largest absolute Gasteiger partial charge is 0.512 e. The molecule has 0 spiro atoms. The molecular weight excluding hydrogens is 160 g/mol. The molecule has 0 bridgehead atoms. The van der Waals surface area contributed by atoms with E-state index in [0.29, 0.717) is 23.5 Å². The van der Waals surface area contributed by atoms with Crippen LogP contribution in [0.3, 0.4) is 0 Å². The molecule has 1 aliphatic rings. The summed E-state index contributed by atoms with van der Waals surface area (Å²) in [5.41, 5.74) is 1.32. The molecule has 1 N–H and O–H groups in total. The van der Waals surface area contributed by atoms with Gasteiger partial charge in [-0.15, -0.1) is 0 Å². The lowest BCUT2D eigenvalue weighted by Crippen LogP contribution is -2.21. The number of hydrogen-bond donors (Lipinski definition) is 1. The molecule has 0 aromatic carbocycles. The van der Waals surface area contributed by atoms with Gasteiger partial charge in [-0.3, -0.25) is 0 Å². The van der Waals surface area contributed by atoms with Crippen molar-refractivity contribution < 1.29 is 5.11 Å². The van der Waals surface area contributed by atoms with E-state index in [9.17, 15) is 5.11 Å². The van der Waals surface area contributed by atoms with Gasteiger partial charge in [-0.1, -0.05) is 27.7 Å². The maximum Gasteiger partial charge on any atom is 0.0920 e. The van der Waals surface area contributed by atoms with Crippen LogP contribution in [-0.4, -0.2) is 5.11 Å². The number of aliphatic hydroxyl groups is 1. The van der Waals surface area contributed by atoms with Crippen molar-refractivity contribution in [1.82, 2.24) is 0 Å². The summed E-state index contributed by atoms with van der Waals surface area (Å²) in [6, 6.07) is 0. The molecule has 0 heterocycles. The van der Waals surface area contributed by atoms with Gasteiger partial charge in [0.1, 0.15) is 0 Å². The van der Waals surface area contributed by atoms with Crippen molar-refractivity contribution in [3.8, 4) is 0 Å². The molecule has 1 heteroatoms. The highest BCUT2D eigenvalue weighted by Gasteiger charge is 2.27. The van der Waals surface area contributed by atoms with Gasteiger partial charge in [0.05, 0.1) is 5.76 Å². The van der Waals surface area contributed by atoms with Crippen molar-refractivity contribution in [3.05, 3.63) is 11.3 Å². The van der Waals surface area contributed by atoms with Crippen LogP contribution in [0.2, 0.25) is 0 Å². The normalized spacial score (nSPS) is 24.6. The smallest absolute Gasteiger partial charge is 0.0920 e. The molecule has 0 saturated heterocycles. The summed E-state index contributed by atoms with van der Waals surface area (Å²) in [4.78, 5) is 0. The zero-order chi connectivity index (χ0) is 10.0. The van der Waals surface area contributed by atoms with Crippen LogP contribution in [0.1, 0.15) is 47.0 Å². The van der Waals surface area contributed by atoms with Gasteiger partial charge in [-0.25, -0.2) is 0 Å². The van der Waals surface area contributed by atoms with Gasteiger partial charge in [0.25, 0.3) is 0 Å². The Morgan fingerprint density at radius 3 is 2.23 bits per heavy atom. The average Bonchev–Trinajstić information content (AvgIpc) is 2.02. The predicted molar refractivity (Wildman–Crippen MR) is 56.7 cm³/mol. The Hall–Kier alpha value is -0.460. The average molecular weight is 182 g/mol. The molecule has 0 saturated carbocycles. The fourth-order valence-electron chi connectivity index (χ4n) is 2.46. The summed E-state index contributed by atoms with van der Waals surface area (Å²) >= 11 is 0. The summed E-state index contributed by atoms with van der Waals surface area (Å²) in [7, 11) is 0. The molecule has 1 aliphatic carbocycles. The minimum Gasteiger partial charge on any atom is -0.512 e. The van der Waals surface area contributed by atoms with Gasteiger partial charge < -0.3 is 5.11 Å². The minimum atomic E-state index is 0.507. The van der Waals surface area contributed by atoms with Crippen LogP contribution in [0.15, 0.2) is 11.3 Å². The molecule has 0 aliphatic heterocycles. The van der Waals surface area contributed by atoms with Crippen LogP contribution < -0.4 is 0 Å². The van der Waals surface area contributed by atoms with Gasteiger partial charge in [-0.05, 0) is 36.2 Å². The second-order valence-corrected chi connectivity index (χ2v) is 4.80. The van der Waals surface area contributed by atoms with Crippen LogP contribution in [0.5, 0.6) is 0 Å². The first-order chi connectivity index (χ1) is 6.04. The number of rotatable bonds is 2. The Balaban J connectivity index is 2.90. The maximum atomic E-state index is 9.84. The molecule has 0 fully saturated rings. The van der Waals surface area contributed by atoms with Crippen molar-refractivity contribution in [2.45, 2.75) is 47.0 Å². The van der Waals surface area contributed by atoms with E-state index in [0.717, 1.165) is 12.8 Å². The molecule has 1 rings (SSSR count). The Morgan fingerprint density at radius 2 is 1.85 bits per heavy atom. The van der Waals surface area contributed by atoms with Crippen LogP contribution in [0, 0.1) is 17.8 Å². The van der Waals surface area contributed by atoms with E-state index in [4.69, 9.17) is 0 Å². The first-order valence-electron chi connectivity index (χ1n) is 5.46. The highest BCUT2D eigenvalue weighted by atomic mass is 16.3. The van der Waals surface area contributed by atoms with Crippen LogP contribution in [0.4, 0.5) is 0 Å². The summed E-state index contributed by atoms with van der Waals surface area (Å²) in [6.07, 6.45) is 3.32.